The van der Waals surface area contributed by atoms with E-state index >= 15 is 0 Å². The number of furan rings is 1. The number of nitro groups is 1. The summed E-state index contributed by atoms with van der Waals surface area (Å²) in [6, 6.07) is 14.1. The van der Waals surface area contributed by atoms with Gasteiger partial charge >= 0.3 is 5.97 Å². The van der Waals surface area contributed by atoms with E-state index in [-0.39, 0.29) is 36.2 Å². The first-order chi connectivity index (χ1) is 23.2. The van der Waals surface area contributed by atoms with Crippen molar-refractivity contribution >= 4 is 66.9 Å². The molecule has 0 saturated heterocycles. The van der Waals surface area contributed by atoms with Gasteiger partial charge in [0.1, 0.15) is 22.7 Å². The fraction of sp³-hybridized carbons (Fsp3) is 0.333. The lowest BCUT2D eigenvalue weighted by atomic mass is 10.0. The third kappa shape index (κ3) is 8.86. The summed E-state index contributed by atoms with van der Waals surface area (Å²) in [6.45, 7) is 1.68. The van der Waals surface area contributed by atoms with Crippen LogP contribution in [0.15, 0.2) is 59.0 Å². The Balaban J connectivity index is 0.00000255. The van der Waals surface area contributed by atoms with Gasteiger partial charge in [0.15, 0.2) is 0 Å². The maximum absolute atomic E-state index is 13.6. The zero-order valence-electron chi connectivity index (χ0n) is 26.7. The molecule has 5 rings (SSSR count). The Morgan fingerprint density at radius 2 is 1.81 bits per heavy atom. The molecule has 0 bridgehead atoms. The molecule has 1 aliphatic carbocycles. The highest BCUT2D eigenvalue weighted by Crippen LogP contribution is 2.48. The minimum atomic E-state index is -0.774. The van der Waals surface area contributed by atoms with Gasteiger partial charge in [0.25, 0.3) is 11.6 Å². The number of rotatable bonds is 15. The lowest BCUT2D eigenvalue weighted by molar-refractivity contribution is -0.385. The number of amides is 1. The van der Waals surface area contributed by atoms with Crippen LogP contribution in [0.1, 0.15) is 50.6 Å². The molecule has 0 aliphatic heterocycles. The maximum atomic E-state index is 13.6. The monoisotopic (exact) mass is 717 g/mol. The number of halogens is 1. The number of esters is 1. The molecule has 1 heterocycles. The molecule has 1 N–H and O–H groups in total. The van der Waals surface area contributed by atoms with Gasteiger partial charge in [-0.05, 0) is 66.3 Å². The summed E-state index contributed by atoms with van der Waals surface area (Å²) in [6.07, 6.45) is 4.10. The van der Waals surface area contributed by atoms with Crippen LogP contribution in [-0.4, -0.2) is 63.6 Å². The van der Waals surface area contributed by atoms with Crippen molar-refractivity contribution in [1.29, 1.82) is 0 Å². The smallest absolute Gasteiger partial charge is 0.344 e. The molecule has 1 fully saturated rings. The molecule has 4 aromatic rings. The number of methoxy groups -OCH3 is 1. The van der Waals surface area contributed by atoms with Crippen LogP contribution >= 0.6 is 32.6 Å². The topological polar surface area (TPSA) is 133 Å². The Bertz CT molecular complexity index is 1750. The lowest BCUT2D eigenvalue weighted by Crippen LogP contribution is -2.22. The molecule has 1 aliphatic rings. The lowest BCUT2D eigenvalue weighted by Gasteiger charge is -2.24. The first-order valence-electron chi connectivity index (χ1n) is 14.9. The number of benzene rings is 3. The highest BCUT2D eigenvalue weighted by Gasteiger charge is 2.31. The van der Waals surface area contributed by atoms with Crippen molar-refractivity contribution in [2.45, 2.75) is 25.4 Å². The molecular weight excluding hydrogens is 680 g/mol. The minimum absolute atomic E-state index is 0.116. The Hall–Kier alpha value is -3.68. The molecule has 1 saturated carbocycles. The van der Waals surface area contributed by atoms with E-state index in [1.54, 1.807) is 37.2 Å². The van der Waals surface area contributed by atoms with Crippen LogP contribution in [0.25, 0.3) is 22.3 Å². The summed E-state index contributed by atoms with van der Waals surface area (Å²) in [4.78, 5) is 35.5. The van der Waals surface area contributed by atoms with Crippen molar-refractivity contribution in [2.24, 2.45) is 0 Å². The number of thiol groups is 1. The van der Waals surface area contributed by atoms with Gasteiger partial charge in [-0.3, -0.25) is 14.9 Å². The van der Waals surface area contributed by atoms with Crippen LogP contribution in [0.3, 0.4) is 0 Å². The predicted octanol–water partition coefficient (Wildman–Crippen LogP) is 7.19. The van der Waals surface area contributed by atoms with Gasteiger partial charge in [0.05, 0.1) is 56.3 Å². The Morgan fingerprint density at radius 1 is 1.10 bits per heavy atom. The SMILES string of the molecule is CNC(=O)c1c(-c2ccc(F)cc2)oc2cc(N(CCOCCOCc3ccc(C(=O)OC)c([N+](=O)[O-])c3)SC)c(C3CC3)cc12.PS. The van der Waals surface area contributed by atoms with Gasteiger partial charge in [-0.1, -0.05) is 26.5 Å². The number of nitrogens with one attached hydrogen (secondary N) is 1. The first kappa shape index (κ1) is 37.1. The molecule has 1 unspecified atom stereocenters. The molecule has 256 valence electrons. The third-order valence-electron chi connectivity index (χ3n) is 7.65. The van der Waals surface area contributed by atoms with Gasteiger partial charge in [0, 0.05) is 36.4 Å². The van der Waals surface area contributed by atoms with E-state index in [1.807, 2.05) is 18.4 Å². The van der Waals surface area contributed by atoms with E-state index in [1.165, 1.54) is 31.4 Å². The number of nitro benzene ring substituents is 1. The maximum Gasteiger partial charge on any atom is 0.344 e. The van der Waals surface area contributed by atoms with E-state index in [0.717, 1.165) is 24.1 Å². The second kappa shape index (κ2) is 17.6. The molecule has 15 heteroatoms. The van der Waals surface area contributed by atoms with Gasteiger partial charge in [0.2, 0.25) is 0 Å². The number of hydrogen-bond donors (Lipinski definition) is 2. The van der Waals surface area contributed by atoms with Crippen LogP contribution < -0.4 is 9.62 Å². The van der Waals surface area contributed by atoms with Gasteiger partial charge in [-0.2, -0.15) is 12.2 Å². The molecule has 1 atom stereocenters. The average Bonchev–Trinajstić information content (AvgIpc) is 3.89. The standard InChI is InChI=1S/C33H34FN3O8S.H3PS/c1-35-32(38)30-26-17-25(21-5-6-21)27(18-29(26)45-31(30)22-7-9-23(34)10-8-22)36(46-3)12-13-43-14-15-44-19-20-4-11-24(33(39)42-2)28(16-20)37(40)41;1-2/h4,7-11,16-18,21H,5-6,12-15,19H2,1-3H3,(H,35,38);2H,1H2. The number of nitrogens with zero attached hydrogens (tertiary/aromatic N) is 2. The Labute approximate surface area is 289 Å². The summed E-state index contributed by atoms with van der Waals surface area (Å²) >= 11 is 5.00. The molecule has 0 spiro atoms. The van der Waals surface area contributed by atoms with E-state index < -0.39 is 10.9 Å². The van der Waals surface area contributed by atoms with Crippen molar-refractivity contribution in [2.75, 3.05) is 51.1 Å². The number of hydrogen-bond acceptors (Lipinski definition) is 11. The summed E-state index contributed by atoms with van der Waals surface area (Å²) in [5.74, 6) is -0.657. The highest BCUT2D eigenvalue weighted by atomic mass is 32.7. The second-order valence-electron chi connectivity index (χ2n) is 10.6. The number of fused-ring (bicyclic) bond motifs is 1. The number of carbonyl (C=O) groups excluding carboxylic acids is 2. The second-order valence-corrected chi connectivity index (χ2v) is 11.4. The van der Waals surface area contributed by atoms with E-state index in [9.17, 15) is 24.1 Å². The first-order valence-corrected chi connectivity index (χ1v) is 18.2. The van der Waals surface area contributed by atoms with Crippen molar-refractivity contribution in [3.8, 4) is 11.3 Å². The molecule has 1 amide bonds. The highest BCUT2D eigenvalue weighted by molar-refractivity contribution is 8.31. The third-order valence-corrected chi connectivity index (χ3v) is 8.47. The van der Waals surface area contributed by atoms with Crippen molar-refractivity contribution in [3.63, 3.8) is 0 Å². The largest absolute Gasteiger partial charge is 0.465 e. The molecular formula is C33H37FN3O8PS2. The summed E-state index contributed by atoms with van der Waals surface area (Å²) < 4.78 is 38.1. The predicted molar refractivity (Wildman–Crippen MR) is 191 cm³/mol. The summed E-state index contributed by atoms with van der Waals surface area (Å²) in [5.41, 5.74) is 3.81. The molecule has 3 aromatic carbocycles. The number of ether oxygens (including phenoxy) is 3. The zero-order valence-corrected chi connectivity index (χ0v) is 29.6. The zero-order chi connectivity index (χ0) is 34.8. The van der Waals surface area contributed by atoms with Gasteiger partial charge in [-0.15, -0.1) is 0 Å². The van der Waals surface area contributed by atoms with E-state index in [2.05, 4.69) is 35.0 Å². The van der Waals surface area contributed by atoms with Gasteiger partial charge < -0.3 is 28.2 Å². The van der Waals surface area contributed by atoms with Crippen LogP contribution in [0.4, 0.5) is 15.8 Å². The van der Waals surface area contributed by atoms with Crippen molar-refractivity contribution < 1.29 is 37.5 Å². The van der Waals surface area contributed by atoms with Crippen molar-refractivity contribution in [1.82, 2.24) is 5.32 Å². The number of carbonyl (C=O) groups is 2. The van der Waals surface area contributed by atoms with Crippen molar-refractivity contribution in [3.05, 3.63) is 92.8 Å². The minimum Gasteiger partial charge on any atom is -0.465 e. The van der Waals surface area contributed by atoms with Crippen LogP contribution in [0.2, 0.25) is 0 Å². The molecule has 0 radical (unpaired) electrons. The van der Waals surface area contributed by atoms with Crippen LogP contribution in [0, 0.1) is 15.9 Å². The Kier molecular flexibility index (Phi) is 13.7. The fourth-order valence-electron chi connectivity index (χ4n) is 5.21. The Morgan fingerprint density at radius 3 is 2.44 bits per heavy atom. The number of anilines is 1. The fourth-order valence-corrected chi connectivity index (χ4v) is 5.82. The van der Waals surface area contributed by atoms with E-state index in [4.69, 9.17) is 13.9 Å². The van der Waals surface area contributed by atoms with E-state index in [0.29, 0.717) is 59.1 Å². The quantitative estimate of drug-likeness (QED) is 0.0248. The molecule has 11 nitrogen and oxygen atoms in total. The average molecular weight is 718 g/mol. The van der Waals surface area contributed by atoms with Crippen LogP contribution in [0.5, 0.6) is 0 Å². The van der Waals surface area contributed by atoms with Crippen LogP contribution in [-0.2, 0) is 20.8 Å². The summed E-state index contributed by atoms with van der Waals surface area (Å²) in [7, 11) is 4.85. The molecule has 1 aromatic heterocycles. The normalized spacial score (nSPS) is 12.3. The van der Waals surface area contributed by atoms with Gasteiger partial charge in [-0.25, -0.2) is 9.18 Å². The molecule has 48 heavy (non-hydrogen) atoms. The summed E-state index contributed by atoms with van der Waals surface area (Å²) in [5, 5.41) is 14.8.